The average molecular weight is 344 g/mol. The first-order valence-electron chi connectivity index (χ1n) is 9.92. The molecule has 0 saturated carbocycles. The second-order valence-corrected chi connectivity index (χ2v) is 7.87. The summed E-state index contributed by atoms with van der Waals surface area (Å²) in [6.45, 7) is 9.39. The van der Waals surface area contributed by atoms with Crippen molar-refractivity contribution in [2.45, 2.75) is 58.0 Å². The molecule has 0 bridgehead atoms. The van der Waals surface area contributed by atoms with E-state index in [0.29, 0.717) is 12.6 Å². The number of benzene rings is 1. The Hall–Kier alpha value is -1.39. The van der Waals surface area contributed by atoms with Gasteiger partial charge in [0.15, 0.2) is 0 Å². The van der Waals surface area contributed by atoms with Crippen molar-refractivity contribution in [3.8, 4) is 0 Å². The Balaban J connectivity index is 1.44. The maximum absolute atomic E-state index is 12.5. The molecule has 0 unspecified atom stereocenters. The molecule has 0 aliphatic carbocycles. The maximum Gasteiger partial charge on any atom is 0.234 e. The van der Waals surface area contributed by atoms with Gasteiger partial charge in [0.2, 0.25) is 5.91 Å². The number of carbonyl (C=O) groups is 1. The molecule has 25 heavy (non-hydrogen) atoms. The molecule has 2 heterocycles. The van der Waals surface area contributed by atoms with E-state index in [0.717, 1.165) is 19.5 Å². The lowest BCUT2D eigenvalue weighted by atomic mass is 10.0. The zero-order chi connectivity index (χ0) is 17.6. The number of carbonyl (C=O) groups excluding carboxylic acids is 1. The van der Waals surface area contributed by atoms with E-state index < -0.39 is 0 Å². The third-order valence-electron chi connectivity index (χ3n) is 5.70. The third-order valence-corrected chi connectivity index (χ3v) is 5.70. The highest BCUT2D eigenvalue weighted by Gasteiger charge is 2.27. The van der Waals surface area contributed by atoms with Crippen LogP contribution in [0.25, 0.3) is 0 Å². The first-order valence-corrected chi connectivity index (χ1v) is 9.92. The molecule has 4 nitrogen and oxygen atoms in total. The molecule has 0 spiro atoms. The first-order chi connectivity index (χ1) is 12.1. The molecule has 2 fully saturated rings. The fourth-order valence-corrected chi connectivity index (χ4v) is 4.32. The average Bonchev–Trinajstić information content (AvgIpc) is 3.11. The van der Waals surface area contributed by atoms with Gasteiger partial charge in [0.25, 0.3) is 0 Å². The van der Waals surface area contributed by atoms with Crippen molar-refractivity contribution in [1.82, 2.24) is 15.1 Å². The Bertz CT molecular complexity index is 568. The highest BCUT2D eigenvalue weighted by molar-refractivity contribution is 5.78. The van der Waals surface area contributed by atoms with E-state index in [1.807, 2.05) is 0 Å². The molecule has 2 aliphatic heterocycles. The van der Waals surface area contributed by atoms with Crippen LogP contribution in [0.4, 0.5) is 0 Å². The molecule has 4 heteroatoms. The molecular weight excluding hydrogens is 310 g/mol. The zero-order valence-corrected chi connectivity index (χ0v) is 15.8. The van der Waals surface area contributed by atoms with Gasteiger partial charge in [0, 0.05) is 18.6 Å². The smallest absolute Gasteiger partial charge is 0.234 e. The Morgan fingerprint density at radius 3 is 2.72 bits per heavy atom. The van der Waals surface area contributed by atoms with Gasteiger partial charge in [0.05, 0.1) is 6.54 Å². The molecule has 1 amide bonds. The number of hydrogen-bond acceptors (Lipinski definition) is 3. The fraction of sp³-hybridized carbons (Fsp3) is 0.667. The van der Waals surface area contributed by atoms with Gasteiger partial charge in [-0.3, -0.25) is 14.6 Å². The summed E-state index contributed by atoms with van der Waals surface area (Å²) in [4.78, 5) is 17.4. The van der Waals surface area contributed by atoms with Crippen molar-refractivity contribution in [1.29, 1.82) is 0 Å². The summed E-state index contributed by atoms with van der Waals surface area (Å²) in [5.74, 6) is 0.170. The number of amides is 1. The minimum absolute atomic E-state index is 0.170. The molecule has 1 N–H and O–H groups in total. The summed E-state index contributed by atoms with van der Waals surface area (Å²) in [7, 11) is 0. The van der Waals surface area contributed by atoms with E-state index in [4.69, 9.17) is 0 Å². The van der Waals surface area contributed by atoms with Crippen LogP contribution in [0.15, 0.2) is 24.3 Å². The maximum atomic E-state index is 12.5. The fourth-order valence-electron chi connectivity index (χ4n) is 4.32. The quantitative estimate of drug-likeness (QED) is 0.862. The van der Waals surface area contributed by atoms with Crippen molar-refractivity contribution < 1.29 is 4.79 Å². The highest BCUT2D eigenvalue weighted by atomic mass is 16.2. The van der Waals surface area contributed by atoms with E-state index in [-0.39, 0.29) is 11.9 Å². The summed E-state index contributed by atoms with van der Waals surface area (Å²) in [5, 5.41) is 3.19. The molecule has 1 aromatic carbocycles. The molecule has 0 radical (unpaired) electrons. The number of rotatable bonds is 6. The summed E-state index contributed by atoms with van der Waals surface area (Å²) in [6.07, 6.45) is 6.09. The number of likely N-dealkylation sites (tertiary alicyclic amines) is 2. The lowest BCUT2D eigenvalue weighted by Crippen LogP contribution is -2.50. The van der Waals surface area contributed by atoms with Gasteiger partial charge >= 0.3 is 0 Å². The van der Waals surface area contributed by atoms with Crippen molar-refractivity contribution >= 4 is 5.91 Å². The summed E-state index contributed by atoms with van der Waals surface area (Å²) >= 11 is 0. The van der Waals surface area contributed by atoms with E-state index in [1.165, 1.54) is 49.9 Å². The molecule has 2 atom stereocenters. The second-order valence-electron chi connectivity index (χ2n) is 7.87. The molecule has 2 aliphatic rings. The van der Waals surface area contributed by atoms with Crippen LogP contribution in [-0.4, -0.2) is 60.5 Å². The van der Waals surface area contributed by atoms with E-state index in [1.54, 1.807) is 0 Å². The van der Waals surface area contributed by atoms with Gasteiger partial charge < -0.3 is 5.32 Å². The highest BCUT2D eigenvalue weighted by Crippen LogP contribution is 2.20. The van der Waals surface area contributed by atoms with Gasteiger partial charge in [-0.25, -0.2) is 0 Å². The van der Waals surface area contributed by atoms with E-state index in [2.05, 4.69) is 53.2 Å². The van der Waals surface area contributed by atoms with Crippen LogP contribution in [0, 0.1) is 6.92 Å². The van der Waals surface area contributed by atoms with Gasteiger partial charge in [-0.05, 0) is 76.7 Å². The zero-order valence-electron chi connectivity index (χ0n) is 15.8. The van der Waals surface area contributed by atoms with Crippen LogP contribution < -0.4 is 5.32 Å². The minimum Gasteiger partial charge on any atom is -0.352 e. The van der Waals surface area contributed by atoms with Crippen molar-refractivity contribution in [2.24, 2.45) is 0 Å². The Labute approximate surface area is 152 Å². The van der Waals surface area contributed by atoms with Crippen LogP contribution in [0.3, 0.4) is 0 Å². The van der Waals surface area contributed by atoms with Crippen LogP contribution in [-0.2, 0) is 11.2 Å². The van der Waals surface area contributed by atoms with E-state index >= 15 is 0 Å². The standard InChI is InChI=1S/C21H33N3O/c1-17-8-3-4-9-19(17)14-18(2)22-21(25)16-23-11-7-10-20(15-23)24-12-5-6-13-24/h3-4,8-9,18,20H,5-7,10-16H2,1-2H3,(H,22,25)/t18-,20-/m1/s1. The van der Waals surface area contributed by atoms with Crippen molar-refractivity contribution in [3.05, 3.63) is 35.4 Å². The van der Waals surface area contributed by atoms with Crippen LogP contribution >= 0.6 is 0 Å². The van der Waals surface area contributed by atoms with Crippen LogP contribution in [0.2, 0.25) is 0 Å². The van der Waals surface area contributed by atoms with Crippen LogP contribution in [0.5, 0.6) is 0 Å². The van der Waals surface area contributed by atoms with Crippen molar-refractivity contribution in [2.75, 3.05) is 32.7 Å². The van der Waals surface area contributed by atoms with Gasteiger partial charge in [0.1, 0.15) is 0 Å². The van der Waals surface area contributed by atoms with Gasteiger partial charge in [-0.2, -0.15) is 0 Å². The molecule has 2 saturated heterocycles. The Morgan fingerprint density at radius 2 is 1.96 bits per heavy atom. The summed E-state index contributed by atoms with van der Waals surface area (Å²) < 4.78 is 0. The molecular formula is C21H33N3O. The van der Waals surface area contributed by atoms with Gasteiger partial charge in [-0.15, -0.1) is 0 Å². The third kappa shape index (κ3) is 5.29. The second kappa shape index (κ2) is 8.81. The van der Waals surface area contributed by atoms with E-state index in [9.17, 15) is 4.79 Å². The lowest BCUT2D eigenvalue weighted by molar-refractivity contribution is -0.123. The predicted molar refractivity (Wildman–Crippen MR) is 103 cm³/mol. The Morgan fingerprint density at radius 1 is 1.20 bits per heavy atom. The number of hydrogen-bond donors (Lipinski definition) is 1. The Kier molecular flexibility index (Phi) is 6.49. The summed E-state index contributed by atoms with van der Waals surface area (Å²) in [5.41, 5.74) is 2.62. The topological polar surface area (TPSA) is 35.6 Å². The number of aryl methyl sites for hydroxylation is 1. The number of nitrogens with zero attached hydrogens (tertiary/aromatic N) is 2. The van der Waals surface area contributed by atoms with Crippen molar-refractivity contribution in [3.63, 3.8) is 0 Å². The van der Waals surface area contributed by atoms with Crippen LogP contribution in [0.1, 0.15) is 43.7 Å². The van der Waals surface area contributed by atoms with Gasteiger partial charge in [-0.1, -0.05) is 24.3 Å². The normalized spacial score (nSPS) is 23.5. The molecule has 3 rings (SSSR count). The monoisotopic (exact) mass is 343 g/mol. The molecule has 1 aromatic rings. The number of nitrogens with one attached hydrogen (secondary N) is 1. The summed E-state index contributed by atoms with van der Waals surface area (Å²) in [6, 6.07) is 9.26. The predicted octanol–water partition coefficient (Wildman–Crippen LogP) is 2.60. The first kappa shape index (κ1) is 18.4. The molecule has 138 valence electrons. The largest absolute Gasteiger partial charge is 0.352 e. The lowest BCUT2D eigenvalue weighted by Gasteiger charge is -2.37. The minimum atomic E-state index is 0.170. The SMILES string of the molecule is Cc1ccccc1C[C@@H](C)NC(=O)CN1CCC[C@@H](N2CCCC2)C1. The number of piperidine rings is 1. The molecule has 0 aromatic heterocycles.